The Hall–Kier alpha value is -1.42. The van der Waals surface area contributed by atoms with Gasteiger partial charge in [-0.15, -0.1) is 0 Å². The summed E-state index contributed by atoms with van der Waals surface area (Å²) in [5, 5.41) is 0. The van der Waals surface area contributed by atoms with Gasteiger partial charge in [0.25, 0.3) is 5.56 Å². The lowest BCUT2D eigenvalue weighted by Gasteiger charge is -2.25. The van der Waals surface area contributed by atoms with Crippen molar-refractivity contribution < 1.29 is 4.79 Å². The molecule has 1 aromatic heterocycles. The number of hydrogen-bond donors (Lipinski definition) is 1. The number of aromatic nitrogens is 1. The summed E-state index contributed by atoms with van der Waals surface area (Å²) in [5.74, 6) is 0.327. The van der Waals surface area contributed by atoms with Crippen molar-refractivity contribution in [3.8, 4) is 0 Å². The minimum Gasteiger partial charge on any atom is -0.329 e. The molecule has 1 fully saturated rings. The maximum atomic E-state index is 11.4. The summed E-state index contributed by atoms with van der Waals surface area (Å²) >= 11 is 0. The summed E-state index contributed by atoms with van der Waals surface area (Å²) in [7, 11) is 0. The van der Waals surface area contributed by atoms with E-state index in [0.29, 0.717) is 25.2 Å². The molecule has 0 bridgehead atoms. The Balaban J connectivity index is 2.01. The maximum Gasteiger partial charge on any atom is 0.252 e. The number of likely N-dealkylation sites (tertiary alicyclic amines) is 1. The molecule has 1 N–H and O–H groups in total. The van der Waals surface area contributed by atoms with Crippen molar-refractivity contribution in [1.29, 1.82) is 0 Å². The number of aromatic amines is 1. The van der Waals surface area contributed by atoms with Crippen LogP contribution in [-0.2, 0) is 11.3 Å². The first-order chi connectivity index (χ1) is 7.25. The van der Waals surface area contributed by atoms with Gasteiger partial charge >= 0.3 is 0 Å². The highest BCUT2D eigenvalue weighted by Gasteiger charge is 2.16. The second-order valence-corrected chi connectivity index (χ2v) is 3.84. The van der Waals surface area contributed by atoms with Crippen LogP contribution in [0.2, 0.25) is 0 Å². The third-order valence-corrected chi connectivity index (χ3v) is 2.71. The fourth-order valence-corrected chi connectivity index (χ4v) is 1.78. The summed E-state index contributed by atoms with van der Waals surface area (Å²) in [6.45, 7) is 2.18. The van der Waals surface area contributed by atoms with Crippen LogP contribution in [0.3, 0.4) is 0 Å². The molecular formula is C11H14N2O2. The number of nitrogens with one attached hydrogen (secondary N) is 1. The van der Waals surface area contributed by atoms with Crippen molar-refractivity contribution in [1.82, 2.24) is 9.88 Å². The number of H-pyrrole nitrogens is 1. The first-order valence-corrected chi connectivity index (χ1v) is 5.16. The zero-order chi connectivity index (χ0) is 10.7. The topological polar surface area (TPSA) is 53.2 Å². The smallest absolute Gasteiger partial charge is 0.252 e. The quantitative estimate of drug-likeness (QED) is 0.768. The van der Waals surface area contributed by atoms with Crippen LogP contribution in [0, 0.1) is 0 Å². The number of nitrogens with zero attached hydrogens (tertiary/aromatic N) is 1. The minimum atomic E-state index is -0.0330. The minimum absolute atomic E-state index is 0.0330. The molecule has 15 heavy (non-hydrogen) atoms. The van der Waals surface area contributed by atoms with Crippen LogP contribution in [0.1, 0.15) is 18.4 Å². The highest BCUT2D eigenvalue weighted by atomic mass is 16.1. The number of hydrogen-bond acceptors (Lipinski definition) is 3. The highest BCUT2D eigenvalue weighted by Crippen LogP contribution is 2.08. The number of rotatable bonds is 2. The van der Waals surface area contributed by atoms with E-state index >= 15 is 0 Å². The van der Waals surface area contributed by atoms with Gasteiger partial charge in [-0.05, 0) is 6.07 Å². The van der Waals surface area contributed by atoms with Crippen molar-refractivity contribution in [2.75, 3.05) is 13.1 Å². The second-order valence-electron chi connectivity index (χ2n) is 3.84. The van der Waals surface area contributed by atoms with Crippen molar-refractivity contribution >= 4 is 5.78 Å². The van der Waals surface area contributed by atoms with E-state index in [9.17, 15) is 9.59 Å². The Morgan fingerprint density at radius 2 is 2.00 bits per heavy atom. The van der Waals surface area contributed by atoms with E-state index in [1.54, 1.807) is 6.20 Å². The molecule has 0 unspecified atom stereocenters. The van der Waals surface area contributed by atoms with Gasteiger partial charge in [-0.2, -0.15) is 0 Å². The SMILES string of the molecule is O=C1CCN(Cc2ccc[nH]c2=O)CC1. The molecule has 0 atom stereocenters. The van der Waals surface area contributed by atoms with Crippen LogP contribution in [0.25, 0.3) is 0 Å². The molecule has 0 amide bonds. The molecule has 0 saturated carbocycles. The van der Waals surface area contributed by atoms with Crippen molar-refractivity contribution in [2.24, 2.45) is 0 Å². The van der Waals surface area contributed by atoms with E-state index in [0.717, 1.165) is 18.7 Å². The normalized spacial score (nSPS) is 18.0. The van der Waals surface area contributed by atoms with E-state index in [-0.39, 0.29) is 5.56 Å². The predicted molar refractivity (Wildman–Crippen MR) is 56.6 cm³/mol. The third kappa shape index (κ3) is 2.53. The number of ketones is 1. The summed E-state index contributed by atoms with van der Waals surface area (Å²) in [4.78, 5) is 27.2. The predicted octanol–water partition coefficient (Wildman–Crippen LogP) is 0.540. The molecule has 1 aliphatic rings. The van der Waals surface area contributed by atoms with Gasteiger partial charge in [0.2, 0.25) is 0 Å². The second kappa shape index (κ2) is 4.40. The van der Waals surface area contributed by atoms with Crippen molar-refractivity contribution in [3.63, 3.8) is 0 Å². The molecule has 4 heteroatoms. The third-order valence-electron chi connectivity index (χ3n) is 2.71. The molecule has 0 aromatic carbocycles. The first kappa shape index (κ1) is 10.1. The van der Waals surface area contributed by atoms with Crippen LogP contribution in [0.4, 0.5) is 0 Å². The van der Waals surface area contributed by atoms with Crippen LogP contribution >= 0.6 is 0 Å². The van der Waals surface area contributed by atoms with E-state index in [2.05, 4.69) is 9.88 Å². The Morgan fingerprint density at radius 1 is 1.27 bits per heavy atom. The fraction of sp³-hybridized carbons (Fsp3) is 0.455. The van der Waals surface area contributed by atoms with E-state index in [1.165, 1.54) is 0 Å². The van der Waals surface area contributed by atoms with Gasteiger partial charge in [-0.3, -0.25) is 14.5 Å². The molecule has 4 nitrogen and oxygen atoms in total. The molecule has 80 valence electrons. The van der Waals surface area contributed by atoms with Crippen molar-refractivity contribution in [3.05, 3.63) is 34.2 Å². The summed E-state index contributed by atoms with van der Waals surface area (Å²) in [6, 6.07) is 3.65. The van der Waals surface area contributed by atoms with Crippen molar-refractivity contribution in [2.45, 2.75) is 19.4 Å². The van der Waals surface area contributed by atoms with Crippen LogP contribution in [-0.4, -0.2) is 28.8 Å². The Bertz CT molecular complexity index is 401. The Labute approximate surface area is 87.9 Å². The fourth-order valence-electron chi connectivity index (χ4n) is 1.78. The molecule has 1 aliphatic heterocycles. The molecular weight excluding hydrogens is 192 g/mol. The molecule has 1 aromatic rings. The number of pyridine rings is 1. The summed E-state index contributed by atoms with van der Waals surface area (Å²) in [5.41, 5.74) is 0.737. The lowest BCUT2D eigenvalue weighted by Crippen LogP contribution is -2.34. The Morgan fingerprint density at radius 3 is 2.67 bits per heavy atom. The van der Waals surface area contributed by atoms with E-state index in [1.807, 2.05) is 12.1 Å². The van der Waals surface area contributed by atoms with Gasteiger partial charge in [-0.1, -0.05) is 6.07 Å². The Kier molecular flexibility index (Phi) is 2.97. The molecule has 0 aliphatic carbocycles. The molecule has 2 heterocycles. The molecule has 1 saturated heterocycles. The summed E-state index contributed by atoms with van der Waals surface area (Å²) in [6.07, 6.45) is 2.86. The van der Waals surface area contributed by atoms with Crippen LogP contribution in [0.15, 0.2) is 23.1 Å². The molecule has 2 rings (SSSR count). The average Bonchev–Trinajstić information content (AvgIpc) is 2.25. The number of piperidine rings is 1. The lowest BCUT2D eigenvalue weighted by atomic mass is 10.1. The molecule has 0 radical (unpaired) electrons. The lowest BCUT2D eigenvalue weighted by molar-refractivity contribution is -0.121. The van der Waals surface area contributed by atoms with E-state index in [4.69, 9.17) is 0 Å². The van der Waals surface area contributed by atoms with Gasteiger partial charge in [0.05, 0.1) is 0 Å². The standard InChI is InChI=1S/C11H14N2O2/c14-10-3-6-13(7-4-10)8-9-2-1-5-12-11(9)15/h1-2,5H,3-4,6-8H2,(H,12,15). The highest BCUT2D eigenvalue weighted by molar-refractivity contribution is 5.79. The number of Topliss-reactive ketones (excluding diaryl/α,β-unsaturated/α-hetero) is 1. The zero-order valence-corrected chi connectivity index (χ0v) is 8.53. The van der Waals surface area contributed by atoms with Gasteiger partial charge in [0.15, 0.2) is 0 Å². The van der Waals surface area contributed by atoms with E-state index < -0.39 is 0 Å². The zero-order valence-electron chi connectivity index (χ0n) is 8.53. The maximum absolute atomic E-state index is 11.4. The average molecular weight is 206 g/mol. The first-order valence-electron chi connectivity index (χ1n) is 5.16. The van der Waals surface area contributed by atoms with Crippen LogP contribution in [0.5, 0.6) is 0 Å². The van der Waals surface area contributed by atoms with Gasteiger partial charge in [0, 0.05) is 44.2 Å². The van der Waals surface area contributed by atoms with Crippen LogP contribution < -0.4 is 5.56 Å². The van der Waals surface area contributed by atoms with Gasteiger partial charge in [-0.25, -0.2) is 0 Å². The largest absolute Gasteiger partial charge is 0.329 e. The van der Waals surface area contributed by atoms with Gasteiger partial charge < -0.3 is 4.98 Å². The number of carbonyl (C=O) groups is 1. The van der Waals surface area contributed by atoms with Gasteiger partial charge in [0.1, 0.15) is 5.78 Å². The summed E-state index contributed by atoms with van der Waals surface area (Å²) < 4.78 is 0. The monoisotopic (exact) mass is 206 g/mol. The number of carbonyl (C=O) groups excluding carboxylic acids is 1. The molecule has 0 spiro atoms.